The van der Waals surface area contributed by atoms with Gasteiger partial charge in [0.2, 0.25) is 0 Å². The van der Waals surface area contributed by atoms with Crippen LogP contribution in [0.15, 0.2) is 42.9 Å². The van der Waals surface area contributed by atoms with Crippen LogP contribution in [0.5, 0.6) is 0 Å². The topological polar surface area (TPSA) is 43.8 Å². The maximum atomic E-state index is 6.33. The number of rotatable bonds is 7. The Morgan fingerprint density at radius 1 is 1.16 bits per heavy atom. The number of aryl methyl sites for hydroxylation is 1. The zero-order valence-electron chi connectivity index (χ0n) is 11.6. The number of hydrogen-bond acceptors (Lipinski definition) is 2. The standard InChI is InChI=1S/C16H23N3/c1-2-3-4-8-11-19-13-18-12-15(19)16(17)14-9-6-5-7-10-14/h5-7,9-10,12-13,16H,2-4,8,11,17H2,1H3. The SMILES string of the molecule is CCCCCCn1cncc1C(N)c1ccccc1. The van der Waals surface area contributed by atoms with E-state index in [0.29, 0.717) is 0 Å². The highest BCUT2D eigenvalue weighted by atomic mass is 15.1. The highest BCUT2D eigenvalue weighted by Crippen LogP contribution is 2.19. The van der Waals surface area contributed by atoms with Crippen molar-refractivity contribution in [3.8, 4) is 0 Å². The van der Waals surface area contributed by atoms with Gasteiger partial charge in [-0.15, -0.1) is 0 Å². The first-order valence-corrected chi connectivity index (χ1v) is 7.13. The smallest absolute Gasteiger partial charge is 0.0948 e. The van der Waals surface area contributed by atoms with Crippen molar-refractivity contribution in [1.82, 2.24) is 9.55 Å². The van der Waals surface area contributed by atoms with Crippen LogP contribution in [0.2, 0.25) is 0 Å². The molecule has 0 saturated heterocycles. The van der Waals surface area contributed by atoms with Gasteiger partial charge in [0.1, 0.15) is 0 Å². The van der Waals surface area contributed by atoms with E-state index in [4.69, 9.17) is 5.73 Å². The molecule has 2 rings (SSSR count). The van der Waals surface area contributed by atoms with Gasteiger partial charge >= 0.3 is 0 Å². The van der Waals surface area contributed by atoms with E-state index in [1.54, 1.807) is 0 Å². The largest absolute Gasteiger partial charge is 0.333 e. The van der Waals surface area contributed by atoms with Crippen molar-refractivity contribution in [2.24, 2.45) is 5.73 Å². The molecule has 0 aliphatic heterocycles. The summed E-state index contributed by atoms with van der Waals surface area (Å²) in [4.78, 5) is 4.25. The van der Waals surface area contributed by atoms with Gasteiger partial charge in [0.25, 0.3) is 0 Å². The molecule has 19 heavy (non-hydrogen) atoms. The van der Waals surface area contributed by atoms with Crippen molar-refractivity contribution < 1.29 is 0 Å². The lowest BCUT2D eigenvalue weighted by atomic mass is 10.1. The van der Waals surface area contributed by atoms with Gasteiger partial charge in [-0.3, -0.25) is 0 Å². The minimum absolute atomic E-state index is 0.0881. The van der Waals surface area contributed by atoms with Crippen LogP contribution in [0.3, 0.4) is 0 Å². The Morgan fingerprint density at radius 3 is 2.68 bits per heavy atom. The van der Waals surface area contributed by atoms with Crippen LogP contribution >= 0.6 is 0 Å². The fourth-order valence-electron chi connectivity index (χ4n) is 2.32. The Labute approximate surface area is 115 Å². The number of hydrogen-bond donors (Lipinski definition) is 1. The van der Waals surface area contributed by atoms with Crippen molar-refractivity contribution in [2.75, 3.05) is 0 Å². The Hall–Kier alpha value is -1.61. The molecule has 1 aromatic heterocycles. The molecule has 0 spiro atoms. The third-order valence-corrected chi connectivity index (χ3v) is 3.47. The van der Waals surface area contributed by atoms with Crippen LogP contribution < -0.4 is 5.73 Å². The van der Waals surface area contributed by atoms with E-state index < -0.39 is 0 Å². The number of nitrogens with zero attached hydrogens (tertiary/aromatic N) is 2. The molecule has 0 aliphatic rings. The zero-order valence-corrected chi connectivity index (χ0v) is 11.6. The highest BCUT2D eigenvalue weighted by molar-refractivity contribution is 5.26. The first-order chi connectivity index (χ1) is 9.33. The summed E-state index contributed by atoms with van der Waals surface area (Å²) in [5.74, 6) is 0. The molecule has 1 atom stereocenters. The maximum absolute atomic E-state index is 6.33. The lowest BCUT2D eigenvalue weighted by molar-refractivity contribution is 0.559. The van der Waals surface area contributed by atoms with Crippen molar-refractivity contribution in [1.29, 1.82) is 0 Å². The first-order valence-electron chi connectivity index (χ1n) is 7.13. The number of nitrogens with two attached hydrogens (primary N) is 1. The summed E-state index contributed by atoms with van der Waals surface area (Å²) in [6.45, 7) is 3.24. The lowest BCUT2D eigenvalue weighted by Crippen LogP contribution is -2.16. The molecule has 0 bridgehead atoms. The van der Waals surface area contributed by atoms with Crippen molar-refractivity contribution >= 4 is 0 Å². The summed E-state index contributed by atoms with van der Waals surface area (Å²) in [5.41, 5.74) is 8.57. The van der Waals surface area contributed by atoms with Crippen molar-refractivity contribution in [3.63, 3.8) is 0 Å². The van der Waals surface area contributed by atoms with Gasteiger partial charge in [0.05, 0.1) is 24.3 Å². The Kier molecular flexibility index (Phi) is 5.16. The van der Waals surface area contributed by atoms with Gasteiger partial charge in [-0.1, -0.05) is 56.5 Å². The van der Waals surface area contributed by atoms with E-state index >= 15 is 0 Å². The van der Waals surface area contributed by atoms with E-state index in [2.05, 4.69) is 28.6 Å². The van der Waals surface area contributed by atoms with Gasteiger partial charge in [0.15, 0.2) is 0 Å². The molecule has 102 valence electrons. The summed E-state index contributed by atoms with van der Waals surface area (Å²) in [6, 6.07) is 10.1. The summed E-state index contributed by atoms with van der Waals surface area (Å²) in [6.07, 6.45) is 8.81. The summed E-state index contributed by atoms with van der Waals surface area (Å²) >= 11 is 0. The monoisotopic (exact) mass is 257 g/mol. The molecule has 3 nitrogen and oxygen atoms in total. The van der Waals surface area contributed by atoms with Crippen LogP contribution in [0, 0.1) is 0 Å². The Bertz CT molecular complexity index is 476. The van der Waals surface area contributed by atoms with E-state index in [-0.39, 0.29) is 6.04 Å². The van der Waals surface area contributed by atoms with Gasteiger partial charge in [0, 0.05) is 6.54 Å². The molecule has 0 fully saturated rings. The Morgan fingerprint density at radius 2 is 1.95 bits per heavy atom. The molecule has 0 radical (unpaired) electrons. The fraction of sp³-hybridized carbons (Fsp3) is 0.438. The minimum atomic E-state index is -0.0881. The third-order valence-electron chi connectivity index (χ3n) is 3.47. The normalized spacial score (nSPS) is 12.5. The van der Waals surface area contributed by atoms with Crippen LogP contribution in [-0.4, -0.2) is 9.55 Å². The van der Waals surface area contributed by atoms with E-state index in [9.17, 15) is 0 Å². The van der Waals surface area contributed by atoms with Crippen LogP contribution in [0.1, 0.15) is 49.9 Å². The third kappa shape index (κ3) is 3.67. The Balaban J connectivity index is 2.02. The van der Waals surface area contributed by atoms with Crippen molar-refractivity contribution in [2.45, 2.75) is 45.2 Å². The summed E-state index contributed by atoms with van der Waals surface area (Å²) in [5, 5.41) is 0. The maximum Gasteiger partial charge on any atom is 0.0948 e. The number of imidazole rings is 1. The summed E-state index contributed by atoms with van der Waals surface area (Å²) < 4.78 is 2.19. The molecule has 1 aromatic carbocycles. The molecular weight excluding hydrogens is 234 g/mol. The van der Waals surface area contributed by atoms with Crippen LogP contribution in [0.4, 0.5) is 0 Å². The predicted octanol–water partition coefficient (Wildman–Crippen LogP) is 3.51. The quantitative estimate of drug-likeness (QED) is 0.771. The molecule has 0 saturated carbocycles. The molecular formula is C16H23N3. The van der Waals surface area contributed by atoms with Crippen LogP contribution in [-0.2, 0) is 6.54 Å². The molecule has 0 amide bonds. The average Bonchev–Trinajstić information content (AvgIpc) is 2.92. The van der Waals surface area contributed by atoms with E-state index in [1.807, 2.05) is 30.7 Å². The van der Waals surface area contributed by atoms with E-state index in [0.717, 1.165) is 17.8 Å². The zero-order chi connectivity index (χ0) is 13.5. The molecule has 2 aromatic rings. The molecule has 3 heteroatoms. The molecule has 1 heterocycles. The number of aromatic nitrogens is 2. The van der Waals surface area contributed by atoms with E-state index in [1.165, 1.54) is 25.7 Å². The van der Waals surface area contributed by atoms with Gasteiger partial charge in [-0.25, -0.2) is 4.98 Å². The van der Waals surface area contributed by atoms with Crippen molar-refractivity contribution in [3.05, 3.63) is 54.1 Å². The average molecular weight is 257 g/mol. The second kappa shape index (κ2) is 7.10. The summed E-state index contributed by atoms with van der Waals surface area (Å²) in [7, 11) is 0. The molecule has 0 aliphatic carbocycles. The predicted molar refractivity (Wildman–Crippen MR) is 78.8 cm³/mol. The number of benzene rings is 1. The number of unbranched alkanes of at least 4 members (excludes halogenated alkanes) is 3. The fourth-order valence-corrected chi connectivity index (χ4v) is 2.32. The van der Waals surface area contributed by atoms with Gasteiger partial charge in [-0.05, 0) is 12.0 Å². The van der Waals surface area contributed by atoms with Gasteiger partial charge in [-0.2, -0.15) is 0 Å². The minimum Gasteiger partial charge on any atom is -0.333 e. The second-order valence-corrected chi connectivity index (χ2v) is 4.96. The lowest BCUT2D eigenvalue weighted by Gasteiger charge is -2.15. The second-order valence-electron chi connectivity index (χ2n) is 4.96. The molecule has 1 unspecified atom stereocenters. The van der Waals surface area contributed by atoms with Gasteiger partial charge < -0.3 is 10.3 Å². The highest BCUT2D eigenvalue weighted by Gasteiger charge is 2.13. The molecule has 2 N–H and O–H groups in total. The van der Waals surface area contributed by atoms with Crippen LogP contribution in [0.25, 0.3) is 0 Å². The first kappa shape index (κ1) is 13.8.